The highest BCUT2D eigenvalue weighted by molar-refractivity contribution is 6.46. The number of carbonyl (C=O) groups excluding carboxylic acids is 2. The molecule has 2 aromatic carbocycles. The predicted molar refractivity (Wildman–Crippen MR) is 133 cm³/mol. The van der Waals surface area contributed by atoms with E-state index in [1.807, 2.05) is 50.2 Å². The van der Waals surface area contributed by atoms with Crippen LogP contribution in [0.25, 0.3) is 5.76 Å². The maximum absolute atomic E-state index is 13.0. The molecule has 4 rings (SSSR count). The van der Waals surface area contributed by atoms with Crippen molar-refractivity contribution in [2.45, 2.75) is 26.0 Å². The number of furan rings is 1. The number of benzene rings is 2. The Morgan fingerprint density at radius 2 is 1.80 bits per heavy atom. The molecule has 0 saturated carbocycles. The van der Waals surface area contributed by atoms with E-state index >= 15 is 0 Å². The highest BCUT2D eigenvalue weighted by Gasteiger charge is 2.47. The summed E-state index contributed by atoms with van der Waals surface area (Å²) in [5.41, 5.74) is 2.70. The zero-order chi connectivity index (χ0) is 24.9. The molecule has 3 aromatic rings. The van der Waals surface area contributed by atoms with Crippen LogP contribution in [0.3, 0.4) is 0 Å². The van der Waals surface area contributed by atoms with Gasteiger partial charge in [0, 0.05) is 12.1 Å². The number of carbonyl (C=O) groups is 2. The molecule has 2 heterocycles. The summed E-state index contributed by atoms with van der Waals surface area (Å²) in [7, 11) is 3.90. The van der Waals surface area contributed by atoms with E-state index in [9.17, 15) is 14.7 Å². The molecule has 1 atom stereocenters. The van der Waals surface area contributed by atoms with Crippen molar-refractivity contribution in [2.24, 2.45) is 0 Å². The molecule has 1 saturated heterocycles. The van der Waals surface area contributed by atoms with E-state index in [-0.39, 0.29) is 11.3 Å². The minimum Gasteiger partial charge on any atom is -0.507 e. The number of ketones is 1. The van der Waals surface area contributed by atoms with Crippen LogP contribution in [0, 0.1) is 6.92 Å². The van der Waals surface area contributed by atoms with Crippen molar-refractivity contribution in [3.05, 3.63) is 95.0 Å². The number of Topliss-reactive ketones (excluding diaryl/α,β-unsaturated/α-hetero) is 1. The van der Waals surface area contributed by atoms with E-state index in [0.717, 1.165) is 17.7 Å². The lowest BCUT2D eigenvalue weighted by Gasteiger charge is -2.24. The average Bonchev–Trinajstić information content (AvgIpc) is 3.46. The van der Waals surface area contributed by atoms with E-state index < -0.39 is 17.7 Å². The van der Waals surface area contributed by atoms with Gasteiger partial charge < -0.3 is 24.1 Å². The van der Waals surface area contributed by atoms with Crippen molar-refractivity contribution in [2.75, 3.05) is 27.2 Å². The molecule has 1 fully saturated rings. The largest absolute Gasteiger partial charge is 0.507 e. The summed E-state index contributed by atoms with van der Waals surface area (Å²) in [6.45, 7) is 3.59. The molecule has 1 aliphatic heterocycles. The van der Waals surface area contributed by atoms with Crippen molar-refractivity contribution in [3.63, 3.8) is 0 Å². The van der Waals surface area contributed by atoms with E-state index in [4.69, 9.17) is 9.15 Å². The summed E-state index contributed by atoms with van der Waals surface area (Å²) >= 11 is 0. The average molecular weight is 475 g/mol. The molecule has 0 radical (unpaired) electrons. The monoisotopic (exact) mass is 474 g/mol. The highest BCUT2D eigenvalue weighted by atomic mass is 16.5. The Morgan fingerprint density at radius 3 is 2.46 bits per heavy atom. The third-order valence-corrected chi connectivity index (χ3v) is 6.14. The molecule has 7 nitrogen and oxygen atoms in total. The maximum Gasteiger partial charge on any atom is 0.295 e. The van der Waals surface area contributed by atoms with Crippen LogP contribution in [0.15, 0.2) is 76.9 Å². The van der Waals surface area contributed by atoms with Gasteiger partial charge in [-0.1, -0.05) is 24.3 Å². The second-order valence-electron chi connectivity index (χ2n) is 8.90. The van der Waals surface area contributed by atoms with Gasteiger partial charge in [0.15, 0.2) is 0 Å². The van der Waals surface area contributed by atoms with Crippen molar-refractivity contribution in [1.82, 2.24) is 9.80 Å². The second kappa shape index (κ2) is 10.6. The lowest BCUT2D eigenvalue weighted by Crippen LogP contribution is -2.32. The van der Waals surface area contributed by atoms with Gasteiger partial charge in [-0.3, -0.25) is 9.59 Å². The van der Waals surface area contributed by atoms with Gasteiger partial charge >= 0.3 is 0 Å². The lowest BCUT2D eigenvalue weighted by atomic mass is 9.99. The van der Waals surface area contributed by atoms with E-state index in [1.165, 1.54) is 11.2 Å². The first-order valence-electron chi connectivity index (χ1n) is 11.6. The Hall–Kier alpha value is -3.84. The Morgan fingerprint density at radius 1 is 1.06 bits per heavy atom. The summed E-state index contributed by atoms with van der Waals surface area (Å²) in [6, 6.07) is 17.5. The molecular formula is C28H30N2O5. The lowest BCUT2D eigenvalue weighted by molar-refractivity contribution is -0.140. The summed E-state index contributed by atoms with van der Waals surface area (Å²) in [4.78, 5) is 29.4. The van der Waals surface area contributed by atoms with E-state index in [0.29, 0.717) is 36.6 Å². The molecule has 1 aliphatic rings. The van der Waals surface area contributed by atoms with Crippen LogP contribution in [-0.4, -0.2) is 53.8 Å². The van der Waals surface area contributed by atoms with Crippen LogP contribution in [0.5, 0.6) is 5.75 Å². The predicted octanol–water partition coefficient (Wildman–Crippen LogP) is 4.54. The van der Waals surface area contributed by atoms with Gasteiger partial charge in [-0.05, 0) is 81.5 Å². The zero-order valence-electron chi connectivity index (χ0n) is 20.2. The van der Waals surface area contributed by atoms with E-state index in [1.54, 1.807) is 36.4 Å². The SMILES string of the molecule is Cc1ccccc1COc1ccc(/C(O)=C2\C(=O)C(=O)N(CCCN(C)C)[C@H]2c2ccco2)cc1. The first kappa shape index (κ1) is 24.3. The zero-order valence-corrected chi connectivity index (χ0v) is 20.2. The van der Waals surface area contributed by atoms with Crippen LogP contribution in [0.2, 0.25) is 0 Å². The van der Waals surface area contributed by atoms with Crippen molar-refractivity contribution in [1.29, 1.82) is 0 Å². The number of aliphatic hydroxyl groups excluding tert-OH is 1. The molecule has 0 aliphatic carbocycles. The van der Waals surface area contributed by atoms with Gasteiger partial charge in [-0.15, -0.1) is 0 Å². The molecule has 0 bridgehead atoms. The molecule has 1 N–H and O–H groups in total. The van der Waals surface area contributed by atoms with Crippen LogP contribution >= 0.6 is 0 Å². The number of amides is 1. The first-order valence-corrected chi connectivity index (χ1v) is 11.6. The van der Waals surface area contributed by atoms with Gasteiger partial charge in [0.25, 0.3) is 11.7 Å². The second-order valence-corrected chi connectivity index (χ2v) is 8.90. The van der Waals surface area contributed by atoms with Gasteiger partial charge in [-0.2, -0.15) is 0 Å². The number of aliphatic hydroxyl groups is 1. The quantitative estimate of drug-likeness (QED) is 0.279. The van der Waals surface area contributed by atoms with Gasteiger partial charge in [0.1, 0.15) is 29.9 Å². The van der Waals surface area contributed by atoms with Crippen LogP contribution in [0.1, 0.15) is 34.9 Å². The summed E-state index contributed by atoms with van der Waals surface area (Å²) < 4.78 is 11.5. The van der Waals surface area contributed by atoms with Gasteiger partial charge in [-0.25, -0.2) is 0 Å². The minimum atomic E-state index is -0.774. The third kappa shape index (κ3) is 5.30. The Labute approximate surface area is 205 Å². The van der Waals surface area contributed by atoms with Gasteiger partial charge in [0.05, 0.1) is 11.8 Å². The molecular weight excluding hydrogens is 444 g/mol. The fourth-order valence-electron chi connectivity index (χ4n) is 4.21. The third-order valence-electron chi connectivity index (χ3n) is 6.14. The molecule has 1 aromatic heterocycles. The molecule has 1 amide bonds. The standard InChI is InChI=1S/C28H30N2O5/c1-19-8-4-5-9-21(19)18-35-22-13-11-20(12-14-22)26(31)24-25(23-10-6-17-34-23)30(28(33)27(24)32)16-7-15-29(2)3/h4-6,8-14,17,25,31H,7,15-16,18H2,1-3H3/b26-24+/t25-/m0/s1. The number of aryl methyl sites for hydroxylation is 1. The Balaban J connectivity index is 1.59. The number of likely N-dealkylation sites (tertiary alicyclic amines) is 1. The minimum absolute atomic E-state index is 0.0309. The number of nitrogens with zero attached hydrogens (tertiary/aromatic N) is 2. The van der Waals surface area contributed by atoms with Gasteiger partial charge in [0.2, 0.25) is 0 Å². The number of hydrogen-bond acceptors (Lipinski definition) is 6. The summed E-state index contributed by atoms with van der Waals surface area (Å²) in [5.74, 6) is -0.505. The Kier molecular flexibility index (Phi) is 7.36. The molecule has 0 spiro atoms. The maximum atomic E-state index is 13.0. The number of hydrogen-bond donors (Lipinski definition) is 1. The van der Waals surface area contributed by atoms with Crippen LogP contribution in [-0.2, 0) is 16.2 Å². The number of ether oxygens (including phenoxy) is 1. The Bertz CT molecular complexity index is 1210. The topological polar surface area (TPSA) is 83.2 Å². The first-order chi connectivity index (χ1) is 16.9. The smallest absolute Gasteiger partial charge is 0.295 e. The van der Waals surface area contributed by atoms with Crippen molar-refractivity contribution < 1.29 is 23.8 Å². The molecule has 0 unspecified atom stereocenters. The van der Waals surface area contributed by atoms with Crippen LogP contribution < -0.4 is 4.74 Å². The highest BCUT2D eigenvalue weighted by Crippen LogP contribution is 2.39. The normalized spacial score (nSPS) is 17.4. The summed E-state index contributed by atoms with van der Waals surface area (Å²) in [5, 5.41) is 11.1. The van der Waals surface area contributed by atoms with Crippen LogP contribution in [0.4, 0.5) is 0 Å². The fourth-order valence-corrected chi connectivity index (χ4v) is 4.21. The van der Waals surface area contributed by atoms with E-state index in [2.05, 4.69) is 0 Å². The van der Waals surface area contributed by atoms with Crippen molar-refractivity contribution >= 4 is 17.4 Å². The molecule has 35 heavy (non-hydrogen) atoms. The molecule has 182 valence electrons. The molecule has 7 heteroatoms. The summed E-state index contributed by atoms with van der Waals surface area (Å²) in [6.07, 6.45) is 2.18. The fraction of sp³-hybridized carbons (Fsp3) is 0.286. The van der Waals surface area contributed by atoms with Crippen molar-refractivity contribution in [3.8, 4) is 5.75 Å². The number of rotatable bonds is 9.